The van der Waals surface area contributed by atoms with Gasteiger partial charge in [-0.15, -0.1) is 0 Å². The van der Waals surface area contributed by atoms with Gasteiger partial charge in [0, 0.05) is 19.3 Å². The van der Waals surface area contributed by atoms with Crippen molar-refractivity contribution < 1.29 is 14.7 Å². The van der Waals surface area contributed by atoms with Crippen molar-refractivity contribution in [2.24, 2.45) is 5.41 Å². The predicted molar refractivity (Wildman–Crippen MR) is 76.9 cm³/mol. The second kappa shape index (κ2) is 6.20. The number of aliphatic carboxylic acids is 1. The number of carbonyl (C=O) groups excluding carboxylic acids is 1. The summed E-state index contributed by atoms with van der Waals surface area (Å²) >= 11 is 0. The number of piperidine rings is 1. The highest BCUT2D eigenvalue weighted by Gasteiger charge is 2.43. The summed E-state index contributed by atoms with van der Waals surface area (Å²) < 4.78 is 0. The van der Waals surface area contributed by atoms with Crippen molar-refractivity contribution >= 4 is 11.9 Å². The zero-order valence-corrected chi connectivity index (χ0v) is 12.5. The third kappa shape index (κ3) is 3.20. The smallest absolute Gasteiger partial charge is 0.311 e. The van der Waals surface area contributed by atoms with Gasteiger partial charge in [-0.25, -0.2) is 4.98 Å². The monoisotopic (exact) mass is 291 g/mol. The van der Waals surface area contributed by atoms with Crippen LogP contribution < -0.4 is 0 Å². The molecule has 1 aromatic rings. The fourth-order valence-corrected chi connectivity index (χ4v) is 2.93. The Morgan fingerprint density at radius 2 is 2.14 bits per heavy atom. The topological polar surface area (TPSA) is 83.4 Å². The summed E-state index contributed by atoms with van der Waals surface area (Å²) in [7, 11) is 0. The van der Waals surface area contributed by atoms with E-state index >= 15 is 0 Å². The average molecular weight is 291 g/mol. The summed E-state index contributed by atoms with van der Waals surface area (Å²) in [6.45, 7) is 4.60. The van der Waals surface area contributed by atoms with E-state index in [-0.39, 0.29) is 18.1 Å². The number of aryl methyl sites for hydroxylation is 1. The lowest BCUT2D eigenvalue weighted by Gasteiger charge is -2.39. The van der Waals surface area contributed by atoms with Crippen LogP contribution in [0, 0.1) is 12.3 Å². The van der Waals surface area contributed by atoms with Crippen LogP contribution in [-0.4, -0.2) is 44.9 Å². The van der Waals surface area contributed by atoms with E-state index in [1.165, 1.54) is 6.20 Å². The van der Waals surface area contributed by atoms with Crippen LogP contribution in [0.5, 0.6) is 0 Å². The first-order chi connectivity index (χ1) is 9.98. The number of aromatic nitrogens is 2. The molecule has 0 aromatic carbocycles. The summed E-state index contributed by atoms with van der Waals surface area (Å²) in [6.07, 6.45) is 5.71. The Kier molecular flexibility index (Phi) is 4.55. The number of amides is 1. The molecule has 1 aliphatic rings. The first-order valence-electron chi connectivity index (χ1n) is 7.30. The summed E-state index contributed by atoms with van der Waals surface area (Å²) in [5.41, 5.74) is 0.204. The average Bonchev–Trinajstić information content (AvgIpc) is 2.48. The summed E-state index contributed by atoms with van der Waals surface area (Å²) in [6, 6.07) is 0. The first-order valence-corrected chi connectivity index (χ1v) is 7.30. The minimum absolute atomic E-state index is 0.232. The van der Waals surface area contributed by atoms with E-state index in [0.717, 1.165) is 12.1 Å². The molecule has 0 radical (unpaired) electrons. The van der Waals surface area contributed by atoms with Crippen LogP contribution in [0.15, 0.2) is 12.4 Å². The highest BCUT2D eigenvalue weighted by molar-refractivity contribution is 5.92. The highest BCUT2D eigenvalue weighted by Crippen LogP contribution is 2.35. The van der Waals surface area contributed by atoms with Crippen LogP contribution in [0.1, 0.15) is 48.8 Å². The molecule has 1 atom stereocenters. The molecular formula is C15H21N3O3. The van der Waals surface area contributed by atoms with E-state index in [1.54, 1.807) is 18.0 Å². The van der Waals surface area contributed by atoms with Crippen molar-refractivity contribution in [3.05, 3.63) is 23.8 Å². The molecule has 1 saturated heterocycles. The number of hydrogen-bond donors (Lipinski definition) is 1. The molecule has 1 aromatic heterocycles. The van der Waals surface area contributed by atoms with Crippen molar-refractivity contribution in [2.45, 2.75) is 39.5 Å². The molecule has 2 heterocycles. The molecule has 0 bridgehead atoms. The second-order valence-electron chi connectivity index (χ2n) is 5.71. The number of hydrogen-bond acceptors (Lipinski definition) is 4. The van der Waals surface area contributed by atoms with Gasteiger partial charge in [0.2, 0.25) is 0 Å². The molecule has 1 N–H and O–H groups in total. The molecule has 2 rings (SSSR count). The summed E-state index contributed by atoms with van der Waals surface area (Å²) in [5.74, 6) is -1.04. The van der Waals surface area contributed by atoms with Crippen LogP contribution in [0.4, 0.5) is 0 Å². The molecule has 0 aliphatic carbocycles. The number of rotatable bonds is 4. The Balaban J connectivity index is 2.18. The summed E-state index contributed by atoms with van der Waals surface area (Å²) in [4.78, 5) is 33.9. The molecule has 1 amide bonds. The van der Waals surface area contributed by atoms with Crippen molar-refractivity contribution in [3.8, 4) is 0 Å². The van der Waals surface area contributed by atoms with E-state index in [9.17, 15) is 14.7 Å². The van der Waals surface area contributed by atoms with Gasteiger partial charge in [-0.1, -0.05) is 13.3 Å². The third-order valence-corrected chi connectivity index (χ3v) is 4.05. The van der Waals surface area contributed by atoms with Gasteiger partial charge in [0.25, 0.3) is 5.91 Å². The van der Waals surface area contributed by atoms with Crippen LogP contribution in [0.2, 0.25) is 0 Å². The van der Waals surface area contributed by atoms with Gasteiger partial charge in [0.1, 0.15) is 5.69 Å². The maximum atomic E-state index is 12.5. The lowest BCUT2D eigenvalue weighted by molar-refractivity contribution is -0.152. The maximum Gasteiger partial charge on any atom is 0.311 e. The van der Waals surface area contributed by atoms with Crippen molar-refractivity contribution in [3.63, 3.8) is 0 Å². The number of carboxylic acids is 1. The lowest BCUT2D eigenvalue weighted by Crippen LogP contribution is -2.50. The molecule has 114 valence electrons. The Labute approximate surface area is 124 Å². The molecule has 6 nitrogen and oxygen atoms in total. The van der Waals surface area contributed by atoms with E-state index in [0.29, 0.717) is 25.8 Å². The molecule has 1 unspecified atom stereocenters. The van der Waals surface area contributed by atoms with E-state index in [4.69, 9.17) is 0 Å². The van der Waals surface area contributed by atoms with Crippen molar-refractivity contribution in [2.75, 3.05) is 13.1 Å². The van der Waals surface area contributed by atoms with Gasteiger partial charge in [-0.2, -0.15) is 0 Å². The van der Waals surface area contributed by atoms with Gasteiger partial charge >= 0.3 is 5.97 Å². The van der Waals surface area contributed by atoms with Crippen LogP contribution >= 0.6 is 0 Å². The van der Waals surface area contributed by atoms with Crippen molar-refractivity contribution in [1.29, 1.82) is 0 Å². The first kappa shape index (κ1) is 15.4. The van der Waals surface area contributed by atoms with Gasteiger partial charge in [-0.3, -0.25) is 14.6 Å². The van der Waals surface area contributed by atoms with Gasteiger partial charge in [-0.05, 0) is 26.2 Å². The second-order valence-corrected chi connectivity index (χ2v) is 5.71. The standard InChI is InChI=1S/C15H21N3O3/c1-3-5-15(14(20)21)6-4-7-18(10-15)13(19)12-9-16-11(2)8-17-12/h8-9H,3-7,10H2,1-2H3,(H,20,21). The SMILES string of the molecule is CCCC1(C(=O)O)CCCN(C(=O)c2cnc(C)cn2)C1. The summed E-state index contributed by atoms with van der Waals surface area (Å²) in [5, 5.41) is 9.56. The fraction of sp³-hybridized carbons (Fsp3) is 0.600. The quantitative estimate of drug-likeness (QED) is 0.916. The number of carboxylic acid groups (broad SMARTS) is 1. The zero-order valence-electron chi connectivity index (χ0n) is 12.5. The Hall–Kier alpha value is -1.98. The molecule has 6 heteroatoms. The fourth-order valence-electron chi connectivity index (χ4n) is 2.93. The van der Waals surface area contributed by atoms with Crippen molar-refractivity contribution in [1.82, 2.24) is 14.9 Å². The van der Waals surface area contributed by atoms with E-state index in [1.807, 2.05) is 6.92 Å². The van der Waals surface area contributed by atoms with Gasteiger partial charge < -0.3 is 10.0 Å². The highest BCUT2D eigenvalue weighted by atomic mass is 16.4. The normalized spacial score (nSPS) is 22.1. The molecular weight excluding hydrogens is 270 g/mol. The minimum Gasteiger partial charge on any atom is -0.481 e. The molecule has 1 aliphatic heterocycles. The Bertz CT molecular complexity index is 525. The number of likely N-dealkylation sites (tertiary alicyclic amines) is 1. The zero-order chi connectivity index (χ0) is 15.5. The minimum atomic E-state index is -0.819. The molecule has 0 spiro atoms. The maximum absolute atomic E-state index is 12.5. The number of carbonyl (C=O) groups is 2. The molecule has 0 saturated carbocycles. The molecule has 1 fully saturated rings. The molecule has 21 heavy (non-hydrogen) atoms. The van der Waals surface area contributed by atoms with Crippen LogP contribution in [0.3, 0.4) is 0 Å². The predicted octanol–water partition coefficient (Wildman–Crippen LogP) is 1.89. The van der Waals surface area contributed by atoms with Gasteiger partial charge in [0.15, 0.2) is 0 Å². The Morgan fingerprint density at radius 1 is 1.38 bits per heavy atom. The lowest BCUT2D eigenvalue weighted by atomic mass is 9.76. The van der Waals surface area contributed by atoms with Gasteiger partial charge in [0.05, 0.1) is 17.3 Å². The van der Waals surface area contributed by atoms with Crippen LogP contribution in [-0.2, 0) is 4.79 Å². The van der Waals surface area contributed by atoms with Crippen LogP contribution in [0.25, 0.3) is 0 Å². The number of nitrogens with zero attached hydrogens (tertiary/aromatic N) is 3. The third-order valence-electron chi connectivity index (χ3n) is 4.05. The Morgan fingerprint density at radius 3 is 2.71 bits per heavy atom. The van der Waals surface area contributed by atoms with E-state index in [2.05, 4.69) is 9.97 Å². The van der Waals surface area contributed by atoms with E-state index < -0.39 is 11.4 Å². The largest absolute Gasteiger partial charge is 0.481 e.